The first kappa shape index (κ1) is 12.9. The maximum Gasteiger partial charge on any atom is 0.132 e. The smallest absolute Gasteiger partial charge is 0.132 e. The van der Waals surface area contributed by atoms with Gasteiger partial charge in [-0.05, 0) is 22.9 Å². The first-order valence-electron chi connectivity index (χ1n) is 8.36. The Morgan fingerprint density at radius 3 is 2.64 bits per heavy atom. The Labute approximate surface area is 143 Å². The monoisotopic (exact) mass is 319 g/mol. The molecule has 0 fully saturated rings. The topological polar surface area (TPSA) is 36.8 Å². The van der Waals surface area contributed by atoms with Gasteiger partial charge in [0.15, 0.2) is 0 Å². The minimum absolute atomic E-state index is 0.838. The van der Waals surface area contributed by atoms with Gasteiger partial charge in [0.1, 0.15) is 11.7 Å². The molecule has 0 bridgehead atoms. The van der Waals surface area contributed by atoms with E-state index in [-0.39, 0.29) is 0 Å². The highest BCUT2D eigenvalue weighted by atomic mass is 15.1. The quantitative estimate of drug-likeness (QED) is 0.846. The predicted octanol–water partition coefficient (Wildman–Crippen LogP) is 1.35. The molecule has 2 aliphatic heterocycles. The molecule has 3 heteroatoms. The normalized spacial score (nSPS) is 16.6. The van der Waals surface area contributed by atoms with Crippen LogP contribution in [-0.2, 0) is 0 Å². The summed E-state index contributed by atoms with van der Waals surface area (Å²) < 4.78 is 0. The third-order valence-corrected chi connectivity index (χ3v) is 4.95. The average molecular weight is 319 g/mol. The van der Waals surface area contributed by atoms with Gasteiger partial charge in [0, 0.05) is 21.6 Å². The number of amidine groups is 1. The fourth-order valence-electron chi connectivity index (χ4n) is 3.76. The Balaban J connectivity index is 1.40. The summed E-state index contributed by atoms with van der Waals surface area (Å²) in [5.41, 5.74) is 4.62. The number of hydrogen-bond donors (Lipinski definition) is 1. The van der Waals surface area contributed by atoms with E-state index >= 15 is 0 Å². The molecule has 0 amide bonds. The molecule has 6 rings (SSSR count). The molecule has 2 aromatic rings. The number of aliphatic imine (C=N–C) groups is 1. The standard InChI is InChI=1S/C22H13N3/c1-3-13-7-9-15-11-19(24-21(15)17(13)5-1)23-20-12-16-10-8-14-4-2-6-18(14)22(16)25-20/h1-12H,(H,23,24,25). The van der Waals surface area contributed by atoms with Gasteiger partial charge in [-0.25, -0.2) is 9.98 Å². The van der Waals surface area contributed by atoms with Crippen molar-refractivity contribution in [1.29, 1.82) is 0 Å². The lowest BCUT2D eigenvalue weighted by Crippen LogP contribution is -2.27. The van der Waals surface area contributed by atoms with Crippen LogP contribution in [-0.4, -0.2) is 5.84 Å². The lowest BCUT2D eigenvalue weighted by Gasteiger charge is -2.01. The van der Waals surface area contributed by atoms with Gasteiger partial charge in [-0.2, -0.15) is 0 Å². The Kier molecular flexibility index (Phi) is 2.35. The van der Waals surface area contributed by atoms with Crippen LogP contribution in [0.1, 0.15) is 16.7 Å². The molecule has 2 aromatic carbocycles. The number of rotatable bonds is 1. The molecule has 0 spiro atoms. The van der Waals surface area contributed by atoms with Gasteiger partial charge in [-0.1, -0.05) is 60.7 Å². The van der Waals surface area contributed by atoms with Gasteiger partial charge < -0.3 is 5.32 Å². The molecule has 3 nitrogen and oxygen atoms in total. The molecular weight excluding hydrogens is 306 g/mol. The van der Waals surface area contributed by atoms with Crippen molar-refractivity contribution in [1.82, 2.24) is 5.32 Å². The van der Waals surface area contributed by atoms with Crippen molar-refractivity contribution in [2.45, 2.75) is 0 Å². The number of hydrogen-bond acceptors (Lipinski definition) is 3. The molecule has 0 saturated carbocycles. The van der Waals surface area contributed by atoms with Crippen molar-refractivity contribution < 1.29 is 0 Å². The van der Waals surface area contributed by atoms with Crippen molar-refractivity contribution in [3.8, 4) is 0 Å². The van der Waals surface area contributed by atoms with Crippen LogP contribution in [0.15, 0.2) is 52.2 Å². The molecule has 0 radical (unpaired) electrons. The third-order valence-electron chi connectivity index (χ3n) is 4.95. The highest BCUT2D eigenvalue weighted by Crippen LogP contribution is 2.19. The molecule has 116 valence electrons. The third kappa shape index (κ3) is 1.81. The van der Waals surface area contributed by atoms with Crippen LogP contribution < -0.4 is 26.3 Å². The molecular formula is C22H13N3. The van der Waals surface area contributed by atoms with Crippen LogP contribution in [0.4, 0.5) is 5.69 Å². The van der Waals surface area contributed by atoms with Crippen molar-refractivity contribution in [3.05, 3.63) is 79.9 Å². The van der Waals surface area contributed by atoms with E-state index in [1.165, 1.54) is 21.6 Å². The summed E-state index contributed by atoms with van der Waals surface area (Å²) >= 11 is 0. The molecule has 1 N–H and O–H groups in total. The van der Waals surface area contributed by atoms with Crippen LogP contribution in [0.3, 0.4) is 0 Å². The molecule has 2 aliphatic carbocycles. The highest BCUT2D eigenvalue weighted by molar-refractivity contribution is 6.14. The molecule has 0 saturated heterocycles. The fourth-order valence-corrected chi connectivity index (χ4v) is 3.76. The summed E-state index contributed by atoms with van der Waals surface area (Å²) in [6.45, 7) is 0. The summed E-state index contributed by atoms with van der Waals surface area (Å²) in [7, 11) is 0. The molecule has 0 atom stereocenters. The predicted molar refractivity (Wildman–Crippen MR) is 103 cm³/mol. The molecule has 25 heavy (non-hydrogen) atoms. The van der Waals surface area contributed by atoms with Crippen LogP contribution in [0.2, 0.25) is 0 Å². The van der Waals surface area contributed by atoms with Crippen molar-refractivity contribution in [3.63, 3.8) is 0 Å². The van der Waals surface area contributed by atoms with E-state index in [1.807, 2.05) is 0 Å². The summed E-state index contributed by atoms with van der Waals surface area (Å²) in [4.78, 5) is 9.56. The molecule has 0 unspecified atom stereocenters. The summed E-state index contributed by atoms with van der Waals surface area (Å²) in [6, 6.07) is 8.53. The number of nitrogens with one attached hydrogen (secondary N) is 1. The van der Waals surface area contributed by atoms with Crippen LogP contribution in [0, 0.1) is 0 Å². The average Bonchev–Trinajstić information content (AvgIpc) is 3.37. The van der Waals surface area contributed by atoms with E-state index in [1.54, 1.807) is 0 Å². The Hall–Kier alpha value is -3.46. The first-order valence-corrected chi connectivity index (χ1v) is 8.36. The number of fused-ring (bicyclic) bond motifs is 6. The van der Waals surface area contributed by atoms with Gasteiger partial charge in [0.2, 0.25) is 0 Å². The van der Waals surface area contributed by atoms with Gasteiger partial charge in [0.05, 0.1) is 11.0 Å². The van der Waals surface area contributed by atoms with E-state index < -0.39 is 0 Å². The fraction of sp³-hybridized carbons (Fsp3) is 0. The second-order valence-corrected chi connectivity index (χ2v) is 6.47. The maximum atomic E-state index is 4.78. The van der Waals surface area contributed by atoms with Crippen molar-refractivity contribution in [2.75, 3.05) is 0 Å². The van der Waals surface area contributed by atoms with Crippen molar-refractivity contribution >= 4 is 48.0 Å². The van der Waals surface area contributed by atoms with Crippen LogP contribution in [0.5, 0.6) is 0 Å². The highest BCUT2D eigenvalue weighted by Gasteiger charge is 2.15. The zero-order valence-electron chi connectivity index (χ0n) is 13.3. The van der Waals surface area contributed by atoms with E-state index in [2.05, 4.69) is 78.2 Å². The number of nitrogens with zero attached hydrogens (tertiary/aromatic N) is 2. The van der Waals surface area contributed by atoms with Crippen molar-refractivity contribution in [2.24, 2.45) is 9.98 Å². The zero-order valence-corrected chi connectivity index (χ0v) is 13.3. The van der Waals surface area contributed by atoms with Crippen LogP contribution >= 0.6 is 0 Å². The van der Waals surface area contributed by atoms with E-state index in [9.17, 15) is 0 Å². The van der Waals surface area contributed by atoms with Gasteiger partial charge in [-0.15, -0.1) is 0 Å². The van der Waals surface area contributed by atoms with E-state index in [0.29, 0.717) is 0 Å². The molecule has 2 heterocycles. The van der Waals surface area contributed by atoms with Crippen LogP contribution in [0.25, 0.3) is 36.5 Å². The lowest BCUT2D eigenvalue weighted by atomic mass is 10.1. The Morgan fingerprint density at radius 2 is 1.64 bits per heavy atom. The minimum Gasteiger partial charge on any atom is -0.325 e. The SMILES string of the molecule is C1=Cc2c3c(ccc2=C1)=CC(NC1=Cc2ccc4c(c2=N1)=CC=C4)=N3. The summed E-state index contributed by atoms with van der Waals surface area (Å²) in [5.74, 6) is 1.68. The largest absolute Gasteiger partial charge is 0.325 e. The summed E-state index contributed by atoms with van der Waals surface area (Å²) in [5, 5.41) is 7.99. The zero-order chi connectivity index (χ0) is 16.4. The molecule has 4 aliphatic rings. The van der Waals surface area contributed by atoms with Gasteiger partial charge in [-0.3, -0.25) is 0 Å². The first-order chi connectivity index (χ1) is 12.3. The van der Waals surface area contributed by atoms with E-state index in [0.717, 1.165) is 33.5 Å². The summed E-state index contributed by atoms with van der Waals surface area (Å²) in [6.07, 6.45) is 16.8. The number of allylic oxidation sites excluding steroid dienone is 2. The Morgan fingerprint density at radius 1 is 0.760 bits per heavy atom. The lowest BCUT2D eigenvalue weighted by molar-refractivity contribution is 1.08. The number of benzene rings is 2. The second kappa shape index (κ2) is 4.54. The second-order valence-electron chi connectivity index (χ2n) is 6.47. The minimum atomic E-state index is 0.838. The molecule has 0 aromatic heterocycles. The Bertz CT molecular complexity index is 1350. The van der Waals surface area contributed by atoms with E-state index in [4.69, 9.17) is 9.98 Å². The maximum absolute atomic E-state index is 4.78. The van der Waals surface area contributed by atoms with Gasteiger partial charge >= 0.3 is 0 Å². The van der Waals surface area contributed by atoms with Gasteiger partial charge in [0.25, 0.3) is 0 Å².